The standard InChI is InChI=1S/C18H37N5O2/c1-8-19-9-11-20(22(15(2)3)17(6)24)13-14-21(12-10-19)23(16(4)5)18(7)25/h15-16H,8-14H2,1-7H3. The van der Waals surface area contributed by atoms with E-state index in [1.54, 1.807) is 13.8 Å². The van der Waals surface area contributed by atoms with Crippen LogP contribution in [0.4, 0.5) is 0 Å². The molecule has 1 saturated heterocycles. The lowest BCUT2D eigenvalue weighted by molar-refractivity contribution is -0.159. The highest BCUT2D eigenvalue weighted by Crippen LogP contribution is 2.12. The van der Waals surface area contributed by atoms with Crippen molar-refractivity contribution >= 4 is 11.8 Å². The zero-order valence-electron chi connectivity index (χ0n) is 17.2. The summed E-state index contributed by atoms with van der Waals surface area (Å²) in [6, 6.07) is 0.242. The molecule has 7 heteroatoms. The molecule has 0 radical (unpaired) electrons. The van der Waals surface area contributed by atoms with Crippen LogP contribution >= 0.6 is 0 Å². The summed E-state index contributed by atoms with van der Waals surface area (Å²) in [6.45, 7) is 19.5. The fourth-order valence-electron chi connectivity index (χ4n) is 3.61. The van der Waals surface area contributed by atoms with Gasteiger partial charge in [0.25, 0.3) is 0 Å². The van der Waals surface area contributed by atoms with Crippen LogP contribution in [0.1, 0.15) is 48.5 Å². The van der Waals surface area contributed by atoms with Gasteiger partial charge in [0.1, 0.15) is 0 Å². The first kappa shape index (κ1) is 21.9. The third kappa shape index (κ3) is 6.24. The van der Waals surface area contributed by atoms with Gasteiger partial charge in [-0.05, 0) is 34.2 Å². The Hall–Kier alpha value is -1.18. The molecule has 1 aliphatic rings. The molecule has 0 aromatic rings. The Labute approximate surface area is 153 Å². The number of nitrogens with zero attached hydrogens (tertiary/aromatic N) is 5. The van der Waals surface area contributed by atoms with Crippen LogP contribution in [-0.2, 0) is 9.59 Å². The quantitative estimate of drug-likeness (QED) is 0.743. The van der Waals surface area contributed by atoms with Crippen molar-refractivity contribution in [2.45, 2.75) is 60.5 Å². The Kier molecular flexibility index (Phi) is 8.82. The van der Waals surface area contributed by atoms with Crippen LogP contribution < -0.4 is 0 Å². The van der Waals surface area contributed by atoms with Gasteiger partial charge in [0.15, 0.2) is 0 Å². The van der Waals surface area contributed by atoms with E-state index in [0.717, 1.165) is 45.8 Å². The molecule has 0 N–H and O–H groups in total. The average molecular weight is 356 g/mol. The summed E-state index contributed by atoms with van der Waals surface area (Å²) < 4.78 is 0. The zero-order valence-corrected chi connectivity index (χ0v) is 17.2. The monoisotopic (exact) mass is 355 g/mol. The number of hydrogen-bond acceptors (Lipinski definition) is 5. The van der Waals surface area contributed by atoms with Crippen molar-refractivity contribution in [1.82, 2.24) is 24.9 Å². The molecule has 2 amide bonds. The van der Waals surface area contributed by atoms with E-state index < -0.39 is 0 Å². The van der Waals surface area contributed by atoms with Crippen LogP contribution in [0.15, 0.2) is 0 Å². The van der Waals surface area contributed by atoms with Gasteiger partial charge in [-0.3, -0.25) is 19.6 Å². The fraction of sp³-hybridized carbons (Fsp3) is 0.889. The second-order valence-corrected chi connectivity index (χ2v) is 7.26. The van der Waals surface area contributed by atoms with Crippen molar-refractivity contribution in [3.8, 4) is 0 Å². The molecular formula is C18H37N5O2. The van der Waals surface area contributed by atoms with Crippen LogP contribution in [0.2, 0.25) is 0 Å². The van der Waals surface area contributed by atoms with E-state index in [1.807, 2.05) is 37.7 Å². The Balaban J connectivity index is 3.03. The van der Waals surface area contributed by atoms with Gasteiger partial charge in [0, 0.05) is 65.2 Å². The van der Waals surface area contributed by atoms with E-state index in [9.17, 15) is 9.59 Å². The summed E-state index contributed by atoms with van der Waals surface area (Å²) in [5.41, 5.74) is 0. The molecule has 0 saturated carbocycles. The van der Waals surface area contributed by atoms with E-state index in [1.165, 1.54) is 0 Å². The van der Waals surface area contributed by atoms with E-state index in [4.69, 9.17) is 0 Å². The van der Waals surface area contributed by atoms with Crippen molar-refractivity contribution in [2.75, 3.05) is 45.8 Å². The molecular weight excluding hydrogens is 318 g/mol. The predicted molar refractivity (Wildman–Crippen MR) is 101 cm³/mol. The van der Waals surface area contributed by atoms with Gasteiger partial charge in [-0.2, -0.15) is 0 Å². The second kappa shape index (κ2) is 10.1. The molecule has 0 bridgehead atoms. The largest absolute Gasteiger partial charge is 0.301 e. The number of carbonyl (C=O) groups excluding carboxylic acids is 2. The van der Waals surface area contributed by atoms with Crippen LogP contribution in [-0.4, -0.2) is 94.6 Å². The number of carbonyl (C=O) groups is 2. The van der Waals surface area contributed by atoms with Gasteiger partial charge in [0.05, 0.1) is 0 Å². The first-order valence-corrected chi connectivity index (χ1v) is 9.50. The third-order valence-electron chi connectivity index (χ3n) is 4.65. The summed E-state index contributed by atoms with van der Waals surface area (Å²) in [7, 11) is 0. The molecule has 25 heavy (non-hydrogen) atoms. The van der Waals surface area contributed by atoms with Gasteiger partial charge in [0.2, 0.25) is 11.8 Å². The molecule has 0 aromatic heterocycles. The lowest BCUT2D eigenvalue weighted by atomic mass is 10.3. The van der Waals surface area contributed by atoms with Gasteiger partial charge in [-0.25, -0.2) is 10.0 Å². The maximum atomic E-state index is 12.1. The summed E-state index contributed by atoms with van der Waals surface area (Å²) in [5, 5.41) is 7.99. The Morgan fingerprint density at radius 1 is 0.760 bits per heavy atom. The number of hydrazine groups is 2. The van der Waals surface area contributed by atoms with Crippen LogP contribution in [0.3, 0.4) is 0 Å². The van der Waals surface area contributed by atoms with E-state index in [-0.39, 0.29) is 23.9 Å². The van der Waals surface area contributed by atoms with E-state index in [2.05, 4.69) is 21.8 Å². The summed E-state index contributed by atoms with van der Waals surface area (Å²) >= 11 is 0. The SMILES string of the molecule is CCN1CCN(N(C(C)=O)C(C)C)CCN(N(C(C)=O)C(C)C)CC1. The van der Waals surface area contributed by atoms with Crippen molar-refractivity contribution in [2.24, 2.45) is 0 Å². The summed E-state index contributed by atoms with van der Waals surface area (Å²) in [4.78, 5) is 26.7. The molecule has 1 rings (SSSR count). The van der Waals surface area contributed by atoms with Crippen molar-refractivity contribution in [3.63, 3.8) is 0 Å². The van der Waals surface area contributed by atoms with E-state index in [0.29, 0.717) is 0 Å². The predicted octanol–water partition coefficient (Wildman–Crippen LogP) is 1.27. The van der Waals surface area contributed by atoms with Gasteiger partial charge in [-0.15, -0.1) is 0 Å². The lowest BCUT2D eigenvalue weighted by Gasteiger charge is -2.40. The van der Waals surface area contributed by atoms with Gasteiger partial charge >= 0.3 is 0 Å². The molecule has 7 nitrogen and oxygen atoms in total. The molecule has 0 atom stereocenters. The molecule has 146 valence electrons. The van der Waals surface area contributed by atoms with Crippen molar-refractivity contribution in [1.29, 1.82) is 0 Å². The molecule has 1 heterocycles. The zero-order chi connectivity index (χ0) is 19.1. The minimum absolute atomic E-state index is 0.0659. The lowest BCUT2D eigenvalue weighted by Crippen LogP contribution is -2.55. The summed E-state index contributed by atoms with van der Waals surface area (Å²) in [6.07, 6.45) is 0. The molecule has 0 aromatic carbocycles. The number of hydrogen-bond donors (Lipinski definition) is 0. The maximum Gasteiger partial charge on any atom is 0.233 e. The Bertz CT molecular complexity index is 403. The first-order valence-electron chi connectivity index (χ1n) is 9.50. The maximum absolute atomic E-state index is 12.1. The minimum atomic E-state index is 0.0659. The second-order valence-electron chi connectivity index (χ2n) is 7.26. The molecule has 1 aliphatic heterocycles. The molecule has 0 aliphatic carbocycles. The highest BCUT2D eigenvalue weighted by Gasteiger charge is 2.27. The fourth-order valence-corrected chi connectivity index (χ4v) is 3.61. The van der Waals surface area contributed by atoms with Crippen LogP contribution in [0.25, 0.3) is 0 Å². The van der Waals surface area contributed by atoms with Gasteiger partial charge in [-0.1, -0.05) is 6.92 Å². The smallest absolute Gasteiger partial charge is 0.233 e. The van der Waals surface area contributed by atoms with Crippen molar-refractivity contribution in [3.05, 3.63) is 0 Å². The Morgan fingerprint density at radius 3 is 1.32 bits per heavy atom. The normalized spacial score (nSPS) is 18.8. The average Bonchev–Trinajstić information content (AvgIpc) is 2.58. The molecule has 0 unspecified atom stereocenters. The minimum Gasteiger partial charge on any atom is -0.301 e. The third-order valence-corrected chi connectivity index (χ3v) is 4.65. The van der Waals surface area contributed by atoms with Crippen molar-refractivity contribution < 1.29 is 9.59 Å². The topological polar surface area (TPSA) is 50.3 Å². The van der Waals surface area contributed by atoms with Crippen LogP contribution in [0.5, 0.6) is 0 Å². The first-order chi connectivity index (χ1) is 11.7. The molecule has 1 fully saturated rings. The van der Waals surface area contributed by atoms with Crippen LogP contribution in [0, 0.1) is 0 Å². The highest BCUT2D eigenvalue weighted by molar-refractivity contribution is 5.73. The van der Waals surface area contributed by atoms with E-state index >= 15 is 0 Å². The summed E-state index contributed by atoms with van der Waals surface area (Å²) in [5.74, 6) is 0.132. The highest BCUT2D eigenvalue weighted by atomic mass is 16.2. The Morgan fingerprint density at radius 2 is 1.08 bits per heavy atom. The number of amides is 2. The number of rotatable bonds is 5. The van der Waals surface area contributed by atoms with Gasteiger partial charge < -0.3 is 4.90 Å². The number of likely N-dealkylation sites (N-methyl/N-ethyl adjacent to an activating group) is 1. The molecule has 0 spiro atoms.